The summed E-state index contributed by atoms with van der Waals surface area (Å²) < 4.78 is 2.63. The lowest BCUT2D eigenvalue weighted by molar-refractivity contribution is -0.649. The summed E-state index contributed by atoms with van der Waals surface area (Å²) in [5.74, 6) is 0.00226. The number of H-pyrrole nitrogens is 1. The summed E-state index contributed by atoms with van der Waals surface area (Å²) in [5.41, 5.74) is 12.0. The number of hydrogen-bond acceptors (Lipinski definition) is 11. The van der Waals surface area contributed by atoms with Crippen LogP contribution in [0.4, 0.5) is 23.1 Å². The highest BCUT2D eigenvalue weighted by atomic mass is 16.8. The minimum absolute atomic E-state index is 0.0548. The summed E-state index contributed by atoms with van der Waals surface area (Å²) in [6.45, 7) is 0. The van der Waals surface area contributed by atoms with Crippen molar-refractivity contribution in [3.05, 3.63) is 12.1 Å². The van der Waals surface area contributed by atoms with Crippen molar-refractivity contribution in [3.63, 3.8) is 0 Å². The second-order valence-corrected chi connectivity index (χ2v) is 4.89. The Bertz CT molecular complexity index is 1100. The fraction of sp³-hybridized carbons (Fsp3) is 0. The van der Waals surface area contributed by atoms with E-state index in [1.807, 2.05) is 0 Å². The van der Waals surface area contributed by atoms with Crippen LogP contribution < -0.4 is 26.6 Å². The van der Waals surface area contributed by atoms with Crippen LogP contribution in [0.5, 0.6) is 0 Å². The predicted octanol–water partition coefficient (Wildman–Crippen LogP) is -1.32. The van der Waals surface area contributed by atoms with Crippen molar-refractivity contribution in [1.82, 2.24) is 24.8 Å². The molecule has 4 rings (SSSR count). The molecule has 0 aliphatic carbocycles. The normalized spacial score (nSPS) is 11.7. The van der Waals surface area contributed by atoms with Crippen LogP contribution in [-0.4, -0.2) is 45.6 Å². The molecule has 124 valence electrons. The van der Waals surface area contributed by atoms with Gasteiger partial charge in [-0.15, -0.1) is 10.5 Å². The highest BCUT2D eigenvalue weighted by molar-refractivity contribution is 5.90. The number of benzene rings is 1. The molecule has 0 unspecified atom stereocenters. The molecule has 0 atom stereocenters. The van der Waals surface area contributed by atoms with E-state index in [2.05, 4.69) is 20.2 Å². The predicted molar refractivity (Wildman–Crippen MR) is 76.7 cm³/mol. The molecule has 0 fully saturated rings. The fourth-order valence-corrected chi connectivity index (χ4v) is 2.49. The lowest BCUT2D eigenvalue weighted by Gasteiger charge is -2.11. The number of hydrogen-bond donors (Lipinski definition) is 7. The van der Waals surface area contributed by atoms with Gasteiger partial charge >= 0.3 is 0 Å². The van der Waals surface area contributed by atoms with Gasteiger partial charge in [-0.3, -0.25) is 20.8 Å². The Morgan fingerprint density at radius 2 is 1.83 bits per heavy atom. The molecule has 14 heteroatoms. The van der Waals surface area contributed by atoms with Crippen molar-refractivity contribution >= 4 is 45.3 Å². The van der Waals surface area contributed by atoms with Crippen LogP contribution in [0.25, 0.3) is 22.2 Å². The topological polar surface area (TPSA) is 202 Å². The molecule has 3 heterocycles. The first kappa shape index (κ1) is 14.2. The van der Waals surface area contributed by atoms with E-state index >= 15 is 0 Å². The largest absolute Gasteiger partial charge is 0.381 e. The molecule has 0 amide bonds. The van der Waals surface area contributed by atoms with E-state index in [4.69, 9.17) is 11.5 Å². The van der Waals surface area contributed by atoms with E-state index < -0.39 is 0 Å². The van der Waals surface area contributed by atoms with Gasteiger partial charge in [-0.05, 0) is 20.4 Å². The van der Waals surface area contributed by atoms with Crippen molar-refractivity contribution in [2.45, 2.75) is 0 Å². The summed E-state index contributed by atoms with van der Waals surface area (Å²) in [6.07, 6.45) is 0. The molecule has 14 nitrogen and oxygen atoms in total. The number of aromatic nitrogens is 6. The van der Waals surface area contributed by atoms with E-state index in [1.54, 1.807) is 0 Å². The van der Waals surface area contributed by atoms with Gasteiger partial charge in [0.2, 0.25) is 28.1 Å². The van der Waals surface area contributed by atoms with Crippen LogP contribution in [-0.2, 0) is 0 Å². The minimum Gasteiger partial charge on any atom is -0.381 e. The SMILES string of the molecule is Nc1nc(N)c2c(n1)n[n+]1c3cc(N(O)O)cc(N(O)O)c3[nH]n21. The second-order valence-electron chi connectivity index (χ2n) is 4.89. The monoisotopic (exact) mass is 335 g/mol. The van der Waals surface area contributed by atoms with E-state index in [0.29, 0.717) is 5.52 Å². The molecule has 0 spiro atoms. The zero-order chi connectivity index (χ0) is 17.2. The average molecular weight is 335 g/mol. The molecular weight excluding hydrogens is 324 g/mol. The van der Waals surface area contributed by atoms with Crippen LogP contribution in [0.15, 0.2) is 12.1 Å². The average Bonchev–Trinajstić information content (AvgIpc) is 3.01. The van der Waals surface area contributed by atoms with Crippen molar-refractivity contribution in [2.75, 3.05) is 21.9 Å². The number of aromatic amines is 1. The number of anilines is 4. The van der Waals surface area contributed by atoms with Crippen molar-refractivity contribution < 1.29 is 25.5 Å². The third-order valence-corrected chi connectivity index (χ3v) is 3.46. The molecule has 1 aromatic carbocycles. The highest BCUT2D eigenvalue weighted by Gasteiger charge is 2.26. The first-order valence-corrected chi connectivity index (χ1v) is 6.42. The highest BCUT2D eigenvalue weighted by Crippen LogP contribution is 2.28. The summed E-state index contributed by atoms with van der Waals surface area (Å²) in [7, 11) is 0. The molecule has 0 aliphatic rings. The molecule has 0 aliphatic heterocycles. The number of nitrogens with one attached hydrogen (secondary N) is 1. The zero-order valence-corrected chi connectivity index (χ0v) is 11.7. The Hall–Kier alpha value is -3.46. The standard InChI is InChI=1S/C10H11N10O4/c11-8-7-9(14-10(12)13-8)16-17-4-1-3(19(21)22)2-5(20(23)24)6(4)15-18(7)17/h1-2,15,21-24H,(H4,11,12,13,14,16)/q+1. The van der Waals surface area contributed by atoms with Crippen molar-refractivity contribution in [2.24, 2.45) is 0 Å². The van der Waals surface area contributed by atoms with Crippen LogP contribution in [0.1, 0.15) is 0 Å². The van der Waals surface area contributed by atoms with E-state index in [9.17, 15) is 20.8 Å². The first-order chi connectivity index (χ1) is 11.4. The van der Waals surface area contributed by atoms with Gasteiger partial charge in [-0.25, -0.2) is 0 Å². The minimum atomic E-state index is -0.175. The summed E-state index contributed by atoms with van der Waals surface area (Å²) in [5, 5.41) is 43.9. The number of fused-ring (bicyclic) bond motifs is 5. The van der Waals surface area contributed by atoms with Crippen LogP contribution in [0, 0.1) is 0 Å². The Morgan fingerprint density at radius 3 is 2.50 bits per heavy atom. The second kappa shape index (κ2) is 4.52. The van der Waals surface area contributed by atoms with Crippen LogP contribution in [0.3, 0.4) is 0 Å². The maximum Gasteiger partial charge on any atom is 0.236 e. The van der Waals surface area contributed by atoms with Crippen molar-refractivity contribution in [1.29, 1.82) is 0 Å². The quantitative estimate of drug-likeness (QED) is 0.169. The maximum absolute atomic E-state index is 9.38. The zero-order valence-electron chi connectivity index (χ0n) is 11.7. The molecule has 0 radical (unpaired) electrons. The van der Waals surface area contributed by atoms with Gasteiger partial charge in [0.1, 0.15) is 11.4 Å². The molecule has 24 heavy (non-hydrogen) atoms. The smallest absolute Gasteiger partial charge is 0.236 e. The fourth-order valence-electron chi connectivity index (χ4n) is 2.49. The Kier molecular flexibility index (Phi) is 2.67. The van der Waals surface area contributed by atoms with Crippen LogP contribution in [0.2, 0.25) is 0 Å². The summed E-state index contributed by atoms with van der Waals surface area (Å²) >= 11 is 0. The Morgan fingerprint density at radius 1 is 1.08 bits per heavy atom. The van der Waals surface area contributed by atoms with Gasteiger partial charge in [-0.2, -0.15) is 15.1 Å². The third kappa shape index (κ3) is 1.78. The lowest BCUT2D eigenvalue weighted by atomic mass is 10.2. The molecule has 4 aromatic rings. The molecule has 3 aromatic heterocycles. The van der Waals surface area contributed by atoms with Gasteiger partial charge < -0.3 is 11.5 Å². The molecule has 0 saturated carbocycles. The molecule has 0 bridgehead atoms. The summed E-state index contributed by atoms with van der Waals surface area (Å²) in [4.78, 5) is 7.81. The van der Waals surface area contributed by atoms with Gasteiger partial charge in [0.15, 0.2) is 5.82 Å². The van der Waals surface area contributed by atoms with Gasteiger partial charge in [-0.1, -0.05) is 0 Å². The van der Waals surface area contributed by atoms with E-state index in [-0.39, 0.29) is 50.3 Å². The Labute approximate surface area is 130 Å². The summed E-state index contributed by atoms with van der Waals surface area (Å²) in [6, 6.07) is 2.44. The number of nitrogen functional groups attached to an aromatic ring is 2. The van der Waals surface area contributed by atoms with Crippen molar-refractivity contribution in [3.8, 4) is 0 Å². The Balaban J connectivity index is 2.19. The van der Waals surface area contributed by atoms with E-state index in [0.717, 1.165) is 6.07 Å². The molecule has 9 N–H and O–H groups in total. The van der Waals surface area contributed by atoms with Gasteiger partial charge in [0.25, 0.3) is 0 Å². The molecular formula is C10H11N10O4+. The molecule has 0 saturated heterocycles. The first-order valence-electron chi connectivity index (χ1n) is 6.42. The number of nitrogens with two attached hydrogens (primary N) is 2. The number of nitrogens with zero attached hydrogens (tertiary/aromatic N) is 7. The lowest BCUT2D eigenvalue weighted by Crippen LogP contribution is -2.29. The van der Waals surface area contributed by atoms with E-state index in [1.165, 1.54) is 15.3 Å². The van der Waals surface area contributed by atoms with Crippen LogP contribution >= 0.6 is 0 Å². The van der Waals surface area contributed by atoms with Gasteiger partial charge in [0.05, 0.1) is 0 Å². The van der Waals surface area contributed by atoms with Gasteiger partial charge in [0, 0.05) is 6.07 Å². The third-order valence-electron chi connectivity index (χ3n) is 3.46. The number of rotatable bonds is 2. The maximum atomic E-state index is 9.38.